The standard InChI is InChI=1S/C14H19N3O3S/c1-3-14(4-2,12(19)20)9-15-11(18)7-10-8-17-5-6-21-13(17)16-10/h5-6,8H,3-4,7,9H2,1-2H3,(H,15,18)(H,19,20). The number of nitrogens with one attached hydrogen (secondary N) is 1. The average Bonchev–Trinajstić information content (AvgIpc) is 3.01. The molecule has 0 aromatic carbocycles. The van der Waals surface area contributed by atoms with Crippen molar-refractivity contribution in [3.05, 3.63) is 23.5 Å². The molecule has 2 aromatic rings. The smallest absolute Gasteiger partial charge is 0.311 e. The summed E-state index contributed by atoms with van der Waals surface area (Å²) in [5.41, 5.74) is -0.197. The number of aliphatic carboxylic acids is 1. The average molecular weight is 309 g/mol. The van der Waals surface area contributed by atoms with E-state index in [9.17, 15) is 14.7 Å². The fourth-order valence-electron chi connectivity index (χ4n) is 2.23. The van der Waals surface area contributed by atoms with Gasteiger partial charge in [-0.15, -0.1) is 11.3 Å². The van der Waals surface area contributed by atoms with Gasteiger partial charge in [-0.05, 0) is 12.8 Å². The van der Waals surface area contributed by atoms with E-state index in [0.717, 1.165) is 4.96 Å². The van der Waals surface area contributed by atoms with Gasteiger partial charge < -0.3 is 10.4 Å². The topological polar surface area (TPSA) is 83.7 Å². The van der Waals surface area contributed by atoms with E-state index < -0.39 is 11.4 Å². The Morgan fingerprint density at radius 2 is 2.14 bits per heavy atom. The van der Waals surface area contributed by atoms with Crippen LogP contribution in [0.25, 0.3) is 4.96 Å². The van der Waals surface area contributed by atoms with Gasteiger partial charge >= 0.3 is 5.97 Å². The second-order valence-electron chi connectivity index (χ2n) is 5.07. The van der Waals surface area contributed by atoms with E-state index >= 15 is 0 Å². The molecule has 2 heterocycles. The molecule has 0 aliphatic heterocycles. The van der Waals surface area contributed by atoms with Crippen LogP contribution in [0.3, 0.4) is 0 Å². The first-order chi connectivity index (χ1) is 10.0. The van der Waals surface area contributed by atoms with Gasteiger partial charge in [-0.3, -0.25) is 14.0 Å². The third-order valence-corrected chi connectivity index (χ3v) is 4.69. The van der Waals surface area contributed by atoms with Crippen LogP contribution in [0.2, 0.25) is 0 Å². The summed E-state index contributed by atoms with van der Waals surface area (Å²) in [7, 11) is 0. The van der Waals surface area contributed by atoms with Gasteiger partial charge in [-0.1, -0.05) is 13.8 Å². The van der Waals surface area contributed by atoms with Crippen LogP contribution in [0.1, 0.15) is 32.4 Å². The van der Waals surface area contributed by atoms with Gasteiger partial charge in [0.25, 0.3) is 0 Å². The second kappa shape index (κ2) is 6.26. The predicted octanol–water partition coefficient (Wildman–Crippen LogP) is 1.95. The summed E-state index contributed by atoms with van der Waals surface area (Å²) >= 11 is 1.51. The van der Waals surface area contributed by atoms with Crippen LogP contribution >= 0.6 is 11.3 Å². The van der Waals surface area contributed by atoms with Crippen molar-refractivity contribution in [2.24, 2.45) is 5.41 Å². The van der Waals surface area contributed by atoms with Gasteiger partial charge in [0.05, 0.1) is 17.5 Å². The number of carboxylic acids is 1. The number of imidazole rings is 1. The lowest BCUT2D eigenvalue weighted by Gasteiger charge is -2.26. The molecule has 2 rings (SSSR count). The van der Waals surface area contributed by atoms with E-state index in [1.165, 1.54) is 11.3 Å². The number of carbonyl (C=O) groups excluding carboxylic acids is 1. The van der Waals surface area contributed by atoms with Crippen LogP contribution in [0.5, 0.6) is 0 Å². The molecule has 0 fully saturated rings. The van der Waals surface area contributed by atoms with E-state index in [1.807, 2.05) is 36.0 Å². The first-order valence-electron chi connectivity index (χ1n) is 6.92. The van der Waals surface area contributed by atoms with Gasteiger partial charge in [-0.25, -0.2) is 4.98 Å². The molecule has 2 N–H and O–H groups in total. The number of carbonyl (C=O) groups is 2. The first kappa shape index (κ1) is 15.5. The third-order valence-electron chi connectivity index (χ3n) is 3.92. The molecule has 0 atom stereocenters. The van der Waals surface area contributed by atoms with Gasteiger partial charge in [-0.2, -0.15) is 0 Å². The number of rotatable bonds is 7. The molecule has 6 nitrogen and oxygen atoms in total. The highest BCUT2D eigenvalue weighted by Crippen LogP contribution is 2.25. The van der Waals surface area contributed by atoms with E-state index in [2.05, 4.69) is 10.3 Å². The molecular weight excluding hydrogens is 290 g/mol. The lowest BCUT2D eigenvalue weighted by atomic mass is 9.82. The maximum absolute atomic E-state index is 12.0. The monoisotopic (exact) mass is 309 g/mol. The van der Waals surface area contributed by atoms with Crippen molar-refractivity contribution in [3.8, 4) is 0 Å². The van der Waals surface area contributed by atoms with Crippen molar-refractivity contribution < 1.29 is 14.7 Å². The molecule has 0 bridgehead atoms. The van der Waals surface area contributed by atoms with Gasteiger partial charge in [0.1, 0.15) is 0 Å². The van der Waals surface area contributed by atoms with Crippen molar-refractivity contribution in [2.45, 2.75) is 33.1 Å². The number of fused-ring (bicyclic) bond motifs is 1. The normalized spacial score (nSPS) is 11.7. The van der Waals surface area contributed by atoms with Crippen LogP contribution in [-0.4, -0.2) is 32.9 Å². The molecule has 0 unspecified atom stereocenters. The number of hydrogen-bond acceptors (Lipinski definition) is 4. The van der Waals surface area contributed by atoms with E-state index in [1.54, 1.807) is 0 Å². The van der Waals surface area contributed by atoms with Crippen molar-refractivity contribution in [1.29, 1.82) is 0 Å². The van der Waals surface area contributed by atoms with Crippen molar-refractivity contribution >= 4 is 28.2 Å². The number of aromatic nitrogens is 2. The van der Waals surface area contributed by atoms with Crippen LogP contribution in [-0.2, 0) is 16.0 Å². The molecule has 0 radical (unpaired) electrons. The minimum absolute atomic E-state index is 0.149. The molecule has 7 heteroatoms. The van der Waals surface area contributed by atoms with Gasteiger partial charge in [0, 0.05) is 24.3 Å². The number of amides is 1. The lowest BCUT2D eigenvalue weighted by molar-refractivity contribution is -0.149. The summed E-state index contributed by atoms with van der Waals surface area (Å²) in [6.07, 6.45) is 4.84. The highest BCUT2D eigenvalue weighted by Gasteiger charge is 2.35. The number of hydrogen-bond donors (Lipinski definition) is 2. The third kappa shape index (κ3) is 3.24. The van der Waals surface area contributed by atoms with Crippen LogP contribution in [0.15, 0.2) is 17.8 Å². The van der Waals surface area contributed by atoms with Crippen LogP contribution < -0.4 is 5.32 Å². The lowest BCUT2D eigenvalue weighted by Crippen LogP contribution is -2.42. The molecule has 2 aromatic heterocycles. The first-order valence-corrected chi connectivity index (χ1v) is 7.80. The van der Waals surface area contributed by atoms with Crippen LogP contribution in [0, 0.1) is 5.41 Å². The molecular formula is C14H19N3O3S. The molecule has 0 spiro atoms. The minimum Gasteiger partial charge on any atom is -0.481 e. The second-order valence-corrected chi connectivity index (χ2v) is 5.94. The summed E-state index contributed by atoms with van der Waals surface area (Å²) < 4.78 is 1.87. The quantitative estimate of drug-likeness (QED) is 0.819. The maximum atomic E-state index is 12.0. The fraction of sp³-hybridized carbons (Fsp3) is 0.500. The number of nitrogens with zero attached hydrogens (tertiary/aromatic N) is 2. The molecule has 0 aliphatic rings. The fourth-order valence-corrected chi connectivity index (χ4v) is 2.95. The summed E-state index contributed by atoms with van der Waals surface area (Å²) in [4.78, 5) is 28.5. The Morgan fingerprint density at radius 1 is 1.43 bits per heavy atom. The molecule has 21 heavy (non-hydrogen) atoms. The Balaban J connectivity index is 1.95. The Morgan fingerprint density at radius 3 is 2.71 bits per heavy atom. The molecule has 1 amide bonds. The SMILES string of the molecule is CCC(CC)(CNC(=O)Cc1cn2ccsc2n1)C(=O)O. The predicted molar refractivity (Wildman–Crippen MR) is 80.4 cm³/mol. The van der Waals surface area contributed by atoms with Crippen molar-refractivity contribution in [1.82, 2.24) is 14.7 Å². The van der Waals surface area contributed by atoms with E-state index in [0.29, 0.717) is 18.5 Å². The molecule has 114 valence electrons. The summed E-state index contributed by atoms with van der Waals surface area (Å²) in [5, 5.41) is 14.0. The van der Waals surface area contributed by atoms with E-state index in [4.69, 9.17) is 0 Å². The van der Waals surface area contributed by atoms with Crippen molar-refractivity contribution in [3.63, 3.8) is 0 Å². The Bertz CT molecular complexity index is 614. The highest BCUT2D eigenvalue weighted by atomic mass is 32.1. The van der Waals surface area contributed by atoms with Gasteiger partial charge in [0.15, 0.2) is 4.96 Å². The zero-order chi connectivity index (χ0) is 15.5. The number of thiazole rings is 1. The molecule has 0 aliphatic carbocycles. The summed E-state index contributed by atoms with van der Waals surface area (Å²) in [5.74, 6) is -1.07. The zero-order valence-corrected chi connectivity index (χ0v) is 12.9. The summed E-state index contributed by atoms with van der Waals surface area (Å²) in [6, 6.07) is 0. The van der Waals surface area contributed by atoms with Gasteiger partial charge in [0.2, 0.25) is 5.91 Å². The minimum atomic E-state index is -0.885. The summed E-state index contributed by atoms with van der Waals surface area (Å²) in [6.45, 7) is 3.80. The number of carboxylic acid groups (broad SMARTS) is 1. The van der Waals surface area contributed by atoms with E-state index in [-0.39, 0.29) is 18.9 Å². The largest absolute Gasteiger partial charge is 0.481 e. The molecule has 0 saturated carbocycles. The Kier molecular flexibility index (Phi) is 4.62. The van der Waals surface area contributed by atoms with Crippen LogP contribution in [0.4, 0.5) is 0 Å². The van der Waals surface area contributed by atoms with Crippen molar-refractivity contribution in [2.75, 3.05) is 6.54 Å². The maximum Gasteiger partial charge on any atom is 0.311 e. The molecule has 0 saturated heterocycles. The Labute approximate surface area is 126 Å². The highest BCUT2D eigenvalue weighted by molar-refractivity contribution is 7.15. The Hall–Kier alpha value is -1.89. The zero-order valence-electron chi connectivity index (χ0n) is 12.1.